The summed E-state index contributed by atoms with van der Waals surface area (Å²) in [7, 11) is 0. The van der Waals surface area contributed by atoms with Crippen LogP contribution in [0.25, 0.3) is 11.3 Å². The number of nitrogens with zero attached hydrogens (tertiary/aromatic N) is 1. The first-order chi connectivity index (χ1) is 16.4. The van der Waals surface area contributed by atoms with Crippen LogP contribution in [0.3, 0.4) is 0 Å². The molecule has 172 valence electrons. The van der Waals surface area contributed by atoms with Crippen LogP contribution < -0.4 is 10.6 Å². The molecule has 0 aliphatic rings. The molecule has 0 fully saturated rings. The Hall–Kier alpha value is -2.84. The molecule has 0 aliphatic carbocycles. The van der Waals surface area contributed by atoms with Crippen LogP contribution >= 0.6 is 46.3 Å². The van der Waals surface area contributed by atoms with E-state index in [1.165, 1.54) is 23.1 Å². The maximum absolute atomic E-state index is 12.7. The van der Waals surface area contributed by atoms with Gasteiger partial charge in [0.05, 0.1) is 10.9 Å². The van der Waals surface area contributed by atoms with E-state index in [2.05, 4.69) is 15.6 Å². The number of hydrogen-bond acceptors (Lipinski definition) is 5. The Morgan fingerprint density at radius 3 is 2.47 bits per heavy atom. The minimum atomic E-state index is -0.373. The van der Waals surface area contributed by atoms with Crippen LogP contribution in [0.1, 0.15) is 17.3 Å². The molecule has 1 unspecified atom stereocenters. The third-order valence-electron chi connectivity index (χ3n) is 4.74. The topological polar surface area (TPSA) is 71.1 Å². The molecule has 1 atom stereocenters. The van der Waals surface area contributed by atoms with Gasteiger partial charge in [-0.15, -0.1) is 23.1 Å². The van der Waals surface area contributed by atoms with Crippen LogP contribution in [0.5, 0.6) is 0 Å². The number of anilines is 2. The van der Waals surface area contributed by atoms with E-state index in [0.29, 0.717) is 26.4 Å². The van der Waals surface area contributed by atoms with E-state index in [9.17, 15) is 9.59 Å². The average molecular weight is 528 g/mol. The molecule has 2 amide bonds. The van der Waals surface area contributed by atoms with Crippen molar-refractivity contribution in [1.82, 2.24) is 4.98 Å². The second kappa shape index (κ2) is 11.1. The molecule has 5 nitrogen and oxygen atoms in total. The van der Waals surface area contributed by atoms with Gasteiger partial charge < -0.3 is 10.6 Å². The summed E-state index contributed by atoms with van der Waals surface area (Å²) >= 11 is 14.7. The molecule has 9 heteroatoms. The van der Waals surface area contributed by atoms with E-state index >= 15 is 0 Å². The van der Waals surface area contributed by atoms with E-state index in [1.807, 2.05) is 42.6 Å². The second-order valence-corrected chi connectivity index (χ2v) is 10.4. The van der Waals surface area contributed by atoms with Crippen molar-refractivity contribution in [3.8, 4) is 11.3 Å². The number of carbonyl (C=O) groups is 2. The highest BCUT2D eigenvalue weighted by Crippen LogP contribution is 2.29. The van der Waals surface area contributed by atoms with E-state index in [0.717, 1.165) is 16.2 Å². The molecule has 1 aromatic heterocycles. The predicted molar refractivity (Wildman–Crippen MR) is 142 cm³/mol. The number of aromatic nitrogens is 1. The Balaban J connectivity index is 1.36. The lowest BCUT2D eigenvalue weighted by molar-refractivity contribution is -0.115. The number of rotatable bonds is 7. The van der Waals surface area contributed by atoms with Gasteiger partial charge in [0.1, 0.15) is 0 Å². The SMILES string of the molecule is CC(Sc1cccc(NC(=O)c2cccc(Cl)c2)c1)C(=O)Nc1nc(-c2ccc(Cl)cc2)cs1. The standard InChI is InChI=1S/C25H19Cl2N3O2S2/c1-15(23(31)30-25-29-22(14-33-25)16-8-10-18(26)11-9-16)34-21-7-3-6-20(13-21)28-24(32)17-4-2-5-19(27)12-17/h2-15H,1H3,(H,28,32)(H,29,30,31). The highest BCUT2D eigenvalue weighted by molar-refractivity contribution is 8.00. The van der Waals surface area contributed by atoms with Gasteiger partial charge in [-0.1, -0.05) is 47.5 Å². The fourth-order valence-corrected chi connectivity index (χ4v) is 4.99. The molecular weight excluding hydrogens is 509 g/mol. The van der Waals surface area contributed by atoms with Crippen LogP contribution in [0.15, 0.2) is 83.1 Å². The van der Waals surface area contributed by atoms with Gasteiger partial charge in [0.2, 0.25) is 5.91 Å². The minimum absolute atomic E-state index is 0.157. The number of amides is 2. The van der Waals surface area contributed by atoms with Gasteiger partial charge in [0.25, 0.3) is 5.91 Å². The fourth-order valence-electron chi connectivity index (χ4n) is 3.03. The largest absolute Gasteiger partial charge is 0.322 e. The molecular formula is C25H19Cl2N3O2S2. The maximum atomic E-state index is 12.7. The van der Waals surface area contributed by atoms with Gasteiger partial charge in [-0.25, -0.2) is 4.98 Å². The first-order valence-corrected chi connectivity index (χ1v) is 12.7. The van der Waals surface area contributed by atoms with Crippen LogP contribution in [-0.4, -0.2) is 22.0 Å². The zero-order valence-electron chi connectivity index (χ0n) is 17.9. The Morgan fingerprint density at radius 2 is 1.71 bits per heavy atom. The van der Waals surface area contributed by atoms with Gasteiger partial charge in [0, 0.05) is 37.1 Å². The number of thiazole rings is 1. The smallest absolute Gasteiger partial charge is 0.255 e. The molecule has 34 heavy (non-hydrogen) atoms. The molecule has 0 bridgehead atoms. The number of carbonyl (C=O) groups excluding carboxylic acids is 2. The van der Waals surface area contributed by atoms with Crippen LogP contribution in [0.4, 0.5) is 10.8 Å². The summed E-state index contributed by atoms with van der Waals surface area (Å²) in [6.07, 6.45) is 0. The van der Waals surface area contributed by atoms with Gasteiger partial charge in [-0.05, 0) is 55.5 Å². The molecule has 0 saturated heterocycles. The van der Waals surface area contributed by atoms with E-state index in [1.54, 1.807) is 42.5 Å². The lowest BCUT2D eigenvalue weighted by atomic mass is 10.2. The highest BCUT2D eigenvalue weighted by atomic mass is 35.5. The summed E-state index contributed by atoms with van der Waals surface area (Å²) in [6.45, 7) is 1.82. The van der Waals surface area contributed by atoms with Crippen molar-refractivity contribution < 1.29 is 9.59 Å². The molecule has 1 heterocycles. The molecule has 0 saturated carbocycles. The summed E-state index contributed by atoms with van der Waals surface area (Å²) in [4.78, 5) is 30.6. The Morgan fingerprint density at radius 1 is 0.941 bits per heavy atom. The third-order valence-corrected chi connectivity index (χ3v) is 7.07. The second-order valence-electron chi connectivity index (χ2n) is 7.29. The van der Waals surface area contributed by atoms with Gasteiger partial charge in [-0.3, -0.25) is 9.59 Å². The van der Waals surface area contributed by atoms with Gasteiger partial charge in [-0.2, -0.15) is 0 Å². The Bertz CT molecular complexity index is 1330. The molecule has 4 aromatic rings. The van der Waals surface area contributed by atoms with Crippen LogP contribution in [0, 0.1) is 0 Å². The van der Waals surface area contributed by atoms with E-state index in [-0.39, 0.29) is 17.1 Å². The molecule has 0 aliphatic heterocycles. The van der Waals surface area contributed by atoms with Crippen LogP contribution in [-0.2, 0) is 4.79 Å². The molecule has 4 rings (SSSR count). The summed E-state index contributed by atoms with van der Waals surface area (Å²) in [5.74, 6) is -0.411. The normalized spacial score (nSPS) is 11.6. The van der Waals surface area contributed by atoms with E-state index in [4.69, 9.17) is 23.2 Å². The quantitative estimate of drug-likeness (QED) is 0.244. The highest BCUT2D eigenvalue weighted by Gasteiger charge is 2.17. The zero-order valence-corrected chi connectivity index (χ0v) is 21.1. The Kier molecular flexibility index (Phi) is 7.90. The van der Waals surface area contributed by atoms with Crippen molar-refractivity contribution in [2.45, 2.75) is 17.1 Å². The molecule has 0 radical (unpaired) electrons. The maximum Gasteiger partial charge on any atom is 0.255 e. The van der Waals surface area contributed by atoms with Crippen molar-refractivity contribution >= 4 is 68.9 Å². The number of hydrogen-bond donors (Lipinski definition) is 2. The number of benzene rings is 3. The summed E-state index contributed by atoms with van der Waals surface area (Å²) in [5.41, 5.74) is 2.82. The summed E-state index contributed by atoms with van der Waals surface area (Å²) < 4.78 is 0. The fraction of sp³-hybridized carbons (Fsp3) is 0.0800. The lowest BCUT2D eigenvalue weighted by Gasteiger charge is -2.12. The van der Waals surface area contributed by atoms with Crippen molar-refractivity contribution in [3.05, 3.63) is 93.8 Å². The minimum Gasteiger partial charge on any atom is -0.322 e. The third kappa shape index (κ3) is 6.39. The number of thioether (sulfide) groups is 1. The number of nitrogens with one attached hydrogen (secondary N) is 2. The van der Waals surface area contributed by atoms with Crippen LogP contribution in [0.2, 0.25) is 10.0 Å². The van der Waals surface area contributed by atoms with Crippen molar-refractivity contribution in [3.63, 3.8) is 0 Å². The van der Waals surface area contributed by atoms with Crippen molar-refractivity contribution in [1.29, 1.82) is 0 Å². The van der Waals surface area contributed by atoms with E-state index < -0.39 is 0 Å². The lowest BCUT2D eigenvalue weighted by Crippen LogP contribution is -2.22. The first-order valence-electron chi connectivity index (χ1n) is 10.2. The summed E-state index contributed by atoms with van der Waals surface area (Å²) in [5, 5.41) is 8.95. The van der Waals surface area contributed by atoms with Gasteiger partial charge in [0.15, 0.2) is 5.13 Å². The molecule has 3 aromatic carbocycles. The predicted octanol–water partition coefficient (Wildman–Crippen LogP) is 7.49. The Labute approximate surface area is 215 Å². The molecule has 2 N–H and O–H groups in total. The average Bonchev–Trinajstić information content (AvgIpc) is 3.28. The molecule has 0 spiro atoms. The number of halogens is 2. The monoisotopic (exact) mass is 527 g/mol. The van der Waals surface area contributed by atoms with Crippen molar-refractivity contribution in [2.24, 2.45) is 0 Å². The first kappa shape index (κ1) is 24.3. The summed E-state index contributed by atoms with van der Waals surface area (Å²) in [6, 6.07) is 21.5. The zero-order chi connectivity index (χ0) is 24.1. The van der Waals surface area contributed by atoms with Crippen molar-refractivity contribution in [2.75, 3.05) is 10.6 Å². The van der Waals surface area contributed by atoms with Gasteiger partial charge >= 0.3 is 0 Å².